The highest BCUT2D eigenvalue weighted by Crippen LogP contribution is 2.65. The first-order chi connectivity index (χ1) is 22.2. The molecule has 1 saturated carbocycles. The highest BCUT2D eigenvalue weighted by molar-refractivity contribution is 6.38. The van der Waals surface area contributed by atoms with E-state index in [1.165, 1.54) is 6.08 Å². The van der Waals surface area contributed by atoms with Crippen LogP contribution in [0.3, 0.4) is 0 Å². The summed E-state index contributed by atoms with van der Waals surface area (Å²) in [4.78, 5) is 83.5. The molecule has 0 bridgehead atoms. The van der Waals surface area contributed by atoms with Crippen LogP contribution in [0, 0.1) is 28.1 Å². The molecular weight excluding hydrogens is 612 g/mol. The molecule has 6 amide bonds. The summed E-state index contributed by atoms with van der Waals surface area (Å²) in [6.07, 6.45) is 5.46. The van der Waals surface area contributed by atoms with Crippen molar-refractivity contribution in [1.29, 1.82) is 0 Å². The fourth-order valence-electron chi connectivity index (χ4n) is 7.11. The number of hydrogen-bond donors (Lipinski definition) is 4. The van der Waals surface area contributed by atoms with Crippen molar-refractivity contribution in [2.24, 2.45) is 28.1 Å². The topological polar surface area (TPSA) is 157 Å². The fourth-order valence-corrected chi connectivity index (χ4v) is 7.11. The van der Waals surface area contributed by atoms with Crippen molar-refractivity contribution in [2.45, 2.75) is 125 Å². The number of amides is 6. The largest absolute Gasteiger partial charge is 0.346 e. The number of ketones is 1. The molecule has 3 fully saturated rings. The van der Waals surface area contributed by atoms with E-state index in [1.807, 2.05) is 48.5 Å². The van der Waals surface area contributed by atoms with Crippen LogP contribution in [0.4, 0.5) is 4.79 Å². The first-order valence-corrected chi connectivity index (χ1v) is 17.6. The van der Waals surface area contributed by atoms with E-state index in [9.17, 15) is 28.8 Å². The lowest BCUT2D eigenvalue weighted by Crippen LogP contribution is -2.63. The first-order valence-electron chi connectivity index (χ1n) is 17.6. The van der Waals surface area contributed by atoms with Gasteiger partial charge in [0.15, 0.2) is 0 Å². The van der Waals surface area contributed by atoms with Gasteiger partial charge in [-0.25, -0.2) is 4.79 Å². The molecule has 2 unspecified atom stereocenters. The van der Waals surface area contributed by atoms with Crippen LogP contribution in [0.15, 0.2) is 12.7 Å². The molecule has 270 valence electrons. The predicted octanol–water partition coefficient (Wildman–Crippen LogP) is 3.16. The van der Waals surface area contributed by atoms with E-state index < -0.39 is 47.2 Å². The number of rotatable bonds is 14. The van der Waals surface area contributed by atoms with Crippen molar-refractivity contribution in [3.8, 4) is 0 Å². The van der Waals surface area contributed by atoms with Crippen molar-refractivity contribution < 1.29 is 28.8 Å². The number of Topliss-reactive ketones (excluding diaryl/α,β-unsaturated/α-hetero) is 1. The Bertz CT molecular complexity index is 1250. The van der Waals surface area contributed by atoms with E-state index in [1.54, 1.807) is 9.80 Å². The summed E-state index contributed by atoms with van der Waals surface area (Å²) in [5.41, 5.74) is -1.26. The molecule has 6 atom stereocenters. The average Bonchev–Trinajstić information content (AvgIpc) is 3.31. The number of nitrogens with one attached hydrogen (secondary N) is 4. The molecular formula is C36H60N6O6. The molecule has 0 radical (unpaired) electrons. The Morgan fingerprint density at radius 2 is 1.67 bits per heavy atom. The number of carbonyl (C=O) groups is 6. The third kappa shape index (κ3) is 9.16. The summed E-state index contributed by atoms with van der Waals surface area (Å²) in [5.74, 6) is -2.33. The van der Waals surface area contributed by atoms with Gasteiger partial charge in [-0.1, -0.05) is 81.2 Å². The van der Waals surface area contributed by atoms with E-state index in [2.05, 4.69) is 41.7 Å². The van der Waals surface area contributed by atoms with Crippen molar-refractivity contribution >= 4 is 35.4 Å². The normalized spacial score (nSPS) is 23.7. The van der Waals surface area contributed by atoms with Gasteiger partial charge in [-0.3, -0.25) is 24.0 Å². The zero-order valence-electron chi connectivity index (χ0n) is 30.7. The molecule has 0 spiro atoms. The number of hydrogen-bond acceptors (Lipinski definition) is 6. The van der Waals surface area contributed by atoms with Crippen LogP contribution in [0.25, 0.3) is 0 Å². The molecule has 2 heterocycles. The van der Waals surface area contributed by atoms with Gasteiger partial charge in [0, 0.05) is 32.6 Å². The monoisotopic (exact) mass is 672 g/mol. The van der Waals surface area contributed by atoms with Crippen LogP contribution in [0.1, 0.15) is 101 Å². The Morgan fingerprint density at radius 3 is 2.23 bits per heavy atom. The molecule has 48 heavy (non-hydrogen) atoms. The van der Waals surface area contributed by atoms with Gasteiger partial charge in [-0.05, 0) is 47.3 Å². The fraction of sp³-hybridized carbons (Fsp3) is 0.778. The number of carbonyl (C=O) groups excluding carboxylic acids is 6. The van der Waals surface area contributed by atoms with Crippen LogP contribution in [-0.2, 0) is 24.0 Å². The molecule has 2 saturated heterocycles. The minimum absolute atomic E-state index is 0.0799. The van der Waals surface area contributed by atoms with Crippen LogP contribution < -0.4 is 21.3 Å². The van der Waals surface area contributed by atoms with Gasteiger partial charge in [0.25, 0.3) is 5.91 Å². The van der Waals surface area contributed by atoms with Crippen LogP contribution in [0.2, 0.25) is 0 Å². The molecule has 1 aliphatic carbocycles. The molecule has 3 rings (SSSR count). The van der Waals surface area contributed by atoms with Gasteiger partial charge in [0.05, 0.1) is 12.1 Å². The Kier molecular flexibility index (Phi) is 12.5. The summed E-state index contributed by atoms with van der Waals surface area (Å²) in [5, 5.41) is 11.3. The molecule has 0 aromatic rings. The summed E-state index contributed by atoms with van der Waals surface area (Å²) < 4.78 is 0. The minimum Gasteiger partial charge on any atom is -0.346 e. The maximum absolute atomic E-state index is 14.4. The second-order valence-corrected chi connectivity index (χ2v) is 16.6. The predicted molar refractivity (Wildman–Crippen MR) is 185 cm³/mol. The number of nitrogens with zero attached hydrogens (tertiary/aromatic N) is 2. The summed E-state index contributed by atoms with van der Waals surface area (Å²) in [7, 11) is 0. The van der Waals surface area contributed by atoms with Gasteiger partial charge in [-0.15, -0.1) is 6.58 Å². The van der Waals surface area contributed by atoms with E-state index in [4.69, 9.17) is 0 Å². The quantitative estimate of drug-likeness (QED) is 0.164. The zero-order valence-corrected chi connectivity index (χ0v) is 30.7. The van der Waals surface area contributed by atoms with Gasteiger partial charge < -0.3 is 31.1 Å². The zero-order chi connectivity index (χ0) is 36.2. The van der Waals surface area contributed by atoms with Gasteiger partial charge in [0.1, 0.15) is 12.1 Å². The molecule has 0 aromatic carbocycles. The molecule has 12 nitrogen and oxygen atoms in total. The van der Waals surface area contributed by atoms with Crippen molar-refractivity contribution in [3.63, 3.8) is 0 Å². The molecule has 12 heteroatoms. The van der Waals surface area contributed by atoms with E-state index >= 15 is 0 Å². The smallest absolute Gasteiger partial charge is 0.315 e. The summed E-state index contributed by atoms with van der Waals surface area (Å²) in [6.45, 7) is 22.8. The van der Waals surface area contributed by atoms with Gasteiger partial charge in [0.2, 0.25) is 23.5 Å². The maximum Gasteiger partial charge on any atom is 0.315 e. The van der Waals surface area contributed by atoms with Crippen LogP contribution in [-0.4, -0.2) is 95.6 Å². The Balaban J connectivity index is 1.82. The summed E-state index contributed by atoms with van der Waals surface area (Å²) >= 11 is 0. The first kappa shape index (κ1) is 39.0. The third-order valence-corrected chi connectivity index (χ3v) is 10.4. The van der Waals surface area contributed by atoms with Crippen molar-refractivity contribution in [1.82, 2.24) is 31.1 Å². The Labute approximate surface area is 286 Å². The molecule has 3 aliphatic rings. The maximum atomic E-state index is 14.4. The van der Waals surface area contributed by atoms with Crippen LogP contribution in [0.5, 0.6) is 0 Å². The Morgan fingerprint density at radius 1 is 1.00 bits per heavy atom. The van der Waals surface area contributed by atoms with Crippen molar-refractivity contribution in [3.05, 3.63) is 12.7 Å². The van der Waals surface area contributed by atoms with E-state index in [-0.39, 0.29) is 47.1 Å². The van der Waals surface area contributed by atoms with E-state index in [0.717, 1.165) is 19.3 Å². The lowest BCUT2D eigenvalue weighted by molar-refractivity contribution is -0.145. The van der Waals surface area contributed by atoms with Gasteiger partial charge >= 0.3 is 6.03 Å². The molecule has 0 aromatic heterocycles. The second kappa shape index (κ2) is 15.4. The third-order valence-electron chi connectivity index (χ3n) is 10.4. The lowest BCUT2D eigenvalue weighted by atomic mass is 9.84. The average molecular weight is 673 g/mol. The number of unbranched alkanes of at least 4 members (excludes halogenated alkanes) is 1. The minimum atomic E-state index is -1.02. The second-order valence-electron chi connectivity index (χ2n) is 16.6. The number of piperidine rings is 2. The molecule has 2 aliphatic heterocycles. The Hall–Kier alpha value is -3.44. The van der Waals surface area contributed by atoms with Gasteiger partial charge in [-0.2, -0.15) is 0 Å². The highest BCUT2D eigenvalue weighted by atomic mass is 16.2. The number of fused-ring (bicyclic) bond motifs is 1. The number of urea groups is 1. The van der Waals surface area contributed by atoms with Crippen molar-refractivity contribution in [2.75, 3.05) is 26.2 Å². The highest BCUT2D eigenvalue weighted by Gasteiger charge is 2.70. The molecule has 4 N–H and O–H groups in total. The van der Waals surface area contributed by atoms with Crippen LogP contribution >= 0.6 is 0 Å². The SMILES string of the molecule is C=CCNC(=O)C(=O)C(CCCC)NC(=O)[C@@H]1[C@@H]2[C@H](CN1C(=O)[C@@H](NC(=O)NC(CN1CCCCC1=O)C(C)(C)C)C(C)(C)C)C2(C)C. The number of likely N-dealkylation sites (tertiary alicyclic amines) is 2. The standard InChI is InChI=1S/C36H60N6O6/c1-11-13-16-23(28(44)31(46)37-18-12-2)38-30(45)27-26-22(36(26,9)10)20-42(27)32(47)29(35(6,7)8)40-33(48)39-24(34(3,4)5)21-41-19-15-14-17-25(41)43/h12,22-24,26-27,29H,2,11,13-21H2,1,3-10H3,(H,37,46)(H,38,45)(H2,39,40,48)/t22-,23?,24?,26-,27-,29+/m0/s1. The summed E-state index contributed by atoms with van der Waals surface area (Å²) in [6, 6.07) is -3.73. The van der Waals surface area contributed by atoms with E-state index in [0.29, 0.717) is 38.9 Å². The lowest BCUT2D eigenvalue weighted by Gasteiger charge is -2.40.